The summed E-state index contributed by atoms with van der Waals surface area (Å²) >= 11 is 0. The largest absolute Gasteiger partial charge is 0.369 e. The fraction of sp³-hybridized carbons (Fsp3) is 0.429. The molecule has 0 spiro atoms. The molecule has 0 aliphatic carbocycles. The number of fused-ring (bicyclic) bond motifs is 1. The molecule has 29 heavy (non-hydrogen) atoms. The summed E-state index contributed by atoms with van der Waals surface area (Å²) in [5, 5.41) is 3.39. The lowest BCUT2D eigenvalue weighted by molar-refractivity contribution is -0.123. The lowest BCUT2D eigenvalue weighted by atomic mass is 9.97. The number of benzene rings is 1. The van der Waals surface area contributed by atoms with Crippen molar-refractivity contribution in [3.05, 3.63) is 48.0 Å². The number of carbonyl (C=O) groups is 1. The molecule has 1 unspecified atom stereocenters. The van der Waals surface area contributed by atoms with E-state index in [1.807, 2.05) is 4.57 Å². The van der Waals surface area contributed by atoms with Crippen LogP contribution in [0.1, 0.15) is 30.9 Å². The van der Waals surface area contributed by atoms with Gasteiger partial charge in [-0.3, -0.25) is 9.69 Å². The minimum Gasteiger partial charge on any atom is -0.369 e. The first-order valence-corrected chi connectivity index (χ1v) is 10.1. The van der Waals surface area contributed by atoms with Crippen molar-refractivity contribution >= 4 is 22.9 Å². The molecule has 1 aliphatic rings. The van der Waals surface area contributed by atoms with Gasteiger partial charge < -0.3 is 15.6 Å². The van der Waals surface area contributed by atoms with E-state index in [1.54, 1.807) is 12.7 Å². The van der Waals surface area contributed by atoms with Crippen molar-refractivity contribution in [3.63, 3.8) is 0 Å². The van der Waals surface area contributed by atoms with E-state index in [2.05, 4.69) is 56.4 Å². The van der Waals surface area contributed by atoms with Gasteiger partial charge in [-0.05, 0) is 37.4 Å². The first kappa shape index (κ1) is 19.3. The van der Waals surface area contributed by atoms with Gasteiger partial charge >= 0.3 is 0 Å². The number of carbonyl (C=O) groups excluding carboxylic acids is 1. The molecule has 1 amide bonds. The van der Waals surface area contributed by atoms with Gasteiger partial charge in [0.1, 0.15) is 11.8 Å². The Morgan fingerprint density at radius 3 is 2.97 bits per heavy atom. The zero-order valence-corrected chi connectivity index (χ0v) is 16.7. The quantitative estimate of drug-likeness (QED) is 0.638. The van der Waals surface area contributed by atoms with E-state index in [0.29, 0.717) is 6.54 Å². The summed E-state index contributed by atoms with van der Waals surface area (Å²) in [6.45, 7) is 6.12. The third kappa shape index (κ3) is 4.37. The second-order valence-corrected chi connectivity index (χ2v) is 7.58. The molecule has 1 aliphatic heterocycles. The van der Waals surface area contributed by atoms with Crippen LogP contribution in [0.15, 0.2) is 36.9 Å². The van der Waals surface area contributed by atoms with E-state index in [4.69, 9.17) is 5.73 Å². The van der Waals surface area contributed by atoms with Gasteiger partial charge in [0.05, 0.1) is 12.2 Å². The van der Waals surface area contributed by atoms with Gasteiger partial charge in [0.2, 0.25) is 5.91 Å². The van der Waals surface area contributed by atoms with E-state index in [0.717, 1.165) is 56.0 Å². The molecule has 0 radical (unpaired) electrons. The fourth-order valence-electron chi connectivity index (χ4n) is 3.95. The van der Waals surface area contributed by atoms with E-state index in [1.165, 1.54) is 11.1 Å². The Morgan fingerprint density at radius 2 is 2.14 bits per heavy atom. The Bertz CT molecular complexity index is 1000. The van der Waals surface area contributed by atoms with Crippen LogP contribution in [0, 0.1) is 5.92 Å². The Balaban J connectivity index is 1.42. The van der Waals surface area contributed by atoms with E-state index in [9.17, 15) is 4.79 Å². The third-order valence-corrected chi connectivity index (χ3v) is 5.51. The van der Waals surface area contributed by atoms with Crippen LogP contribution in [0.2, 0.25) is 0 Å². The molecule has 0 bridgehead atoms. The number of nitrogens with two attached hydrogens (primary N) is 1. The fourth-order valence-corrected chi connectivity index (χ4v) is 3.95. The van der Waals surface area contributed by atoms with Gasteiger partial charge in [-0.2, -0.15) is 0 Å². The lowest BCUT2D eigenvalue weighted by Crippen LogP contribution is -2.40. The van der Waals surface area contributed by atoms with Crippen LogP contribution in [0.4, 0.5) is 5.82 Å². The molecule has 3 heterocycles. The molecule has 8 heteroatoms. The minimum absolute atomic E-state index is 0.0308. The highest BCUT2D eigenvalue weighted by molar-refractivity contribution is 5.82. The molecule has 3 N–H and O–H groups in total. The number of anilines is 1. The second kappa shape index (κ2) is 8.57. The summed E-state index contributed by atoms with van der Waals surface area (Å²) in [7, 11) is 0. The molecule has 1 saturated heterocycles. The maximum absolute atomic E-state index is 11.5. The smallest absolute Gasteiger partial charge is 0.221 e. The molecular weight excluding hydrogens is 366 g/mol. The van der Waals surface area contributed by atoms with Crippen molar-refractivity contribution in [2.24, 2.45) is 11.7 Å². The van der Waals surface area contributed by atoms with Crippen LogP contribution >= 0.6 is 0 Å². The van der Waals surface area contributed by atoms with E-state index in [-0.39, 0.29) is 11.8 Å². The Hall–Kier alpha value is -3.00. The highest BCUT2D eigenvalue weighted by atomic mass is 16.1. The van der Waals surface area contributed by atoms with E-state index >= 15 is 0 Å². The van der Waals surface area contributed by atoms with E-state index < -0.39 is 0 Å². The van der Waals surface area contributed by atoms with Crippen LogP contribution in [0.5, 0.6) is 0 Å². The average Bonchev–Trinajstić information content (AvgIpc) is 3.16. The number of primary amides is 1. The van der Waals surface area contributed by atoms with Gasteiger partial charge in [0.25, 0.3) is 0 Å². The van der Waals surface area contributed by atoms with Crippen molar-refractivity contribution in [1.82, 2.24) is 24.4 Å². The van der Waals surface area contributed by atoms with Gasteiger partial charge in [0.15, 0.2) is 11.5 Å². The molecule has 3 aromatic rings. The normalized spacial score (nSPS) is 17.5. The number of aromatic nitrogens is 4. The number of imidazole rings is 1. The third-order valence-electron chi connectivity index (χ3n) is 5.51. The average molecular weight is 393 g/mol. The van der Waals surface area contributed by atoms with Crippen LogP contribution in [0.3, 0.4) is 0 Å². The number of hydrogen-bond acceptors (Lipinski definition) is 6. The Labute approximate surface area is 170 Å². The number of nitrogens with one attached hydrogen (secondary N) is 1. The van der Waals surface area contributed by atoms with Crippen LogP contribution in [-0.4, -0.2) is 43.4 Å². The molecule has 0 saturated carbocycles. The topological polar surface area (TPSA) is 102 Å². The first-order chi connectivity index (χ1) is 14.1. The summed E-state index contributed by atoms with van der Waals surface area (Å²) < 4.78 is 2.00. The second-order valence-electron chi connectivity index (χ2n) is 7.58. The highest BCUT2D eigenvalue weighted by Crippen LogP contribution is 2.20. The summed E-state index contributed by atoms with van der Waals surface area (Å²) in [6, 6.07) is 8.50. The van der Waals surface area contributed by atoms with Crippen molar-refractivity contribution < 1.29 is 4.79 Å². The predicted octanol–water partition coefficient (Wildman–Crippen LogP) is 2.16. The molecule has 1 aromatic carbocycles. The molecule has 152 valence electrons. The van der Waals surface area contributed by atoms with Crippen molar-refractivity contribution in [3.8, 4) is 0 Å². The summed E-state index contributed by atoms with van der Waals surface area (Å²) in [5.74, 6) is 0.527. The zero-order chi connectivity index (χ0) is 20.2. The Morgan fingerprint density at radius 1 is 1.28 bits per heavy atom. The van der Waals surface area contributed by atoms with Crippen molar-refractivity contribution in [1.29, 1.82) is 0 Å². The monoisotopic (exact) mass is 393 g/mol. The SMILES string of the molecule is CCn1cnc2c(NCc3cccc(CN4CCCC(C(N)=O)C4)c3)ncnc21. The lowest BCUT2D eigenvalue weighted by Gasteiger charge is -2.31. The summed E-state index contributed by atoms with van der Waals surface area (Å²) in [6.07, 6.45) is 5.28. The van der Waals surface area contributed by atoms with Crippen molar-refractivity contribution in [2.75, 3.05) is 18.4 Å². The van der Waals surface area contributed by atoms with Crippen LogP contribution in [0.25, 0.3) is 11.2 Å². The molecule has 8 nitrogen and oxygen atoms in total. The van der Waals surface area contributed by atoms with Crippen LogP contribution in [-0.2, 0) is 24.4 Å². The van der Waals surface area contributed by atoms with Crippen LogP contribution < -0.4 is 11.1 Å². The number of nitrogens with zero attached hydrogens (tertiary/aromatic N) is 5. The molecule has 1 atom stereocenters. The molecular formula is C21H27N7O. The maximum atomic E-state index is 11.5. The Kier molecular flexibility index (Phi) is 5.71. The predicted molar refractivity (Wildman–Crippen MR) is 112 cm³/mol. The summed E-state index contributed by atoms with van der Waals surface area (Å²) in [5.41, 5.74) is 9.54. The maximum Gasteiger partial charge on any atom is 0.221 e. The molecule has 1 fully saturated rings. The standard InChI is InChI=1S/C21H27N7O/c1-2-28-14-26-18-20(24-13-25-21(18)28)23-10-15-5-3-6-16(9-15)11-27-8-4-7-17(12-27)19(22)29/h3,5-6,9,13-14,17H,2,4,7-8,10-12H2,1H3,(H2,22,29)(H,23,24,25). The number of hydrogen-bond donors (Lipinski definition) is 2. The number of aryl methyl sites for hydroxylation is 1. The summed E-state index contributed by atoms with van der Waals surface area (Å²) in [4.78, 5) is 27.0. The van der Waals surface area contributed by atoms with Gasteiger partial charge in [-0.1, -0.05) is 24.3 Å². The number of likely N-dealkylation sites (tertiary alicyclic amines) is 1. The molecule has 4 rings (SSSR count). The number of amides is 1. The minimum atomic E-state index is -0.186. The first-order valence-electron chi connectivity index (χ1n) is 10.1. The number of piperidine rings is 1. The number of rotatable bonds is 7. The highest BCUT2D eigenvalue weighted by Gasteiger charge is 2.23. The van der Waals surface area contributed by atoms with Gasteiger partial charge in [-0.25, -0.2) is 15.0 Å². The zero-order valence-electron chi connectivity index (χ0n) is 16.7. The van der Waals surface area contributed by atoms with Crippen molar-refractivity contribution in [2.45, 2.75) is 39.4 Å². The van der Waals surface area contributed by atoms with Gasteiger partial charge in [0, 0.05) is 26.2 Å². The van der Waals surface area contributed by atoms with Gasteiger partial charge in [-0.15, -0.1) is 0 Å². The molecule has 2 aromatic heterocycles.